The van der Waals surface area contributed by atoms with Crippen molar-refractivity contribution in [2.45, 2.75) is 84.6 Å². The molecule has 0 unspecified atom stereocenters. The van der Waals surface area contributed by atoms with Crippen molar-refractivity contribution in [3.63, 3.8) is 0 Å². The van der Waals surface area contributed by atoms with Crippen LogP contribution in [0.1, 0.15) is 33.6 Å². The van der Waals surface area contributed by atoms with Gasteiger partial charge in [0.25, 0.3) is 0 Å². The standard InChI is InChI=1S/C15H34O2Si2/c1-12(2)14(16-18(4,5)6)10-13-11-15(13,3)17-19(7,8)9/h12-14H,10-11H2,1-9H3/t13-,14-,15+/m0/s1. The van der Waals surface area contributed by atoms with Gasteiger partial charge < -0.3 is 8.85 Å². The fourth-order valence-electron chi connectivity index (χ4n) is 2.78. The molecule has 1 aliphatic carbocycles. The fourth-order valence-corrected chi connectivity index (χ4v) is 5.70. The molecular formula is C15H34O2Si2. The molecule has 2 nitrogen and oxygen atoms in total. The van der Waals surface area contributed by atoms with Crippen molar-refractivity contribution < 1.29 is 8.85 Å². The normalized spacial score (nSPS) is 29.7. The van der Waals surface area contributed by atoms with Crippen LogP contribution in [0, 0.1) is 11.8 Å². The molecule has 0 aliphatic heterocycles. The second-order valence-corrected chi connectivity index (χ2v) is 17.6. The van der Waals surface area contributed by atoms with Crippen molar-refractivity contribution in [3.8, 4) is 0 Å². The monoisotopic (exact) mass is 302 g/mol. The van der Waals surface area contributed by atoms with Crippen LogP contribution in [0.25, 0.3) is 0 Å². The molecule has 1 saturated carbocycles. The van der Waals surface area contributed by atoms with Gasteiger partial charge in [-0.15, -0.1) is 0 Å². The summed E-state index contributed by atoms with van der Waals surface area (Å²) in [6, 6.07) is 0. The second kappa shape index (κ2) is 5.62. The molecule has 0 aromatic rings. The third-order valence-corrected chi connectivity index (χ3v) is 5.75. The molecule has 0 radical (unpaired) electrons. The lowest BCUT2D eigenvalue weighted by Gasteiger charge is -2.31. The van der Waals surface area contributed by atoms with Crippen molar-refractivity contribution in [3.05, 3.63) is 0 Å². The van der Waals surface area contributed by atoms with Gasteiger partial charge in [-0.05, 0) is 70.9 Å². The Morgan fingerprint density at radius 2 is 1.58 bits per heavy atom. The van der Waals surface area contributed by atoms with E-state index in [0.717, 1.165) is 0 Å². The Morgan fingerprint density at radius 1 is 1.05 bits per heavy atom. The van der Waals surface area contributed by atoms with E-state index in [4.69, 9.17) is 8.85 Å². The fraction of sp³-hybridized carbons (Fsp3) is 1.00. The lowest BCUT2D eigenvalue weighted by molar-refractivity contribution is 0.105. The first-order valence-electron chi connectivity index (χ1n) is 7.70. The van der Waals surface area contributed by atoms with E-state index in [2.05, 4.69) is 60.1 Å². The lowest BCUT2D eigenvalue weighted by Crippen LogP contribution is -2.37. The maximum Gasteiger partial charge on any atom is 0.184 e. The SMILES string of the molecule is CC(C)[C@H](C[C@H]1C[C@@]1(C)O[Si](C)(C)C)O[Si](C)(C)C. The average molecular weight is 303 g/mol. The van der Waals surface area contributed by atoms with Gasteiger partial charge in [-0.25, -0.2) is 0 Å². The molecule has 0 bridgehead atoms. The summed E-state index contributed by atoms with van der Waals surface area (Å²) in [7, 11) is -2.88. The Bertz CT molecular complexity index is 304. The third-order valence-electron chi connectivity index (χ3n) is 3.66. The second-order valence-electron chi connectivity index (χ2n) is 8.68. The van der Waals surface area contributed by atoms with Gasteiger partial charge in [-0.1, -0.05) is 13.8 Å². The van der Waals surface area contributed by atoms with Gasteiger partial charge in [0, 0.05) is 6.10 Å². The largest absolute Gasteiger partial charge is 0.414 e. The van der Waals surface area contributed by atoms with Gasteiger partial charge >= 0.3 is 0 Å². The van der Waals surface area contributed by atoms with Gasteiger partial charge in [0.15, 0.2) is 16.6 Å². The van der Waals surface area contributed by atoms with Gasteiger partial charge in [-0.3, -0.25) is 0 Å². The van der Waals surface area contributed by atoms with Crippen LogP contribution >= 0.6 is 0 Å². The molecule has 0 amide bonds. The number of hydrogen-bond acceptors (Lipinski definition) is 2. The highest BCUT2D eigenvalue weighted by molar-refractivity contribution is 6.70. The van der Waals surface area contributed by atoms with Crippen molar-refractivity contribution in [1.29, 1.82) is 0 Å². The summed E-state index contributed by atoms with van der Waals surface area (Å²) in [6.45, 7) is 20.6. The Labute approximate surface area is 122 Å². The van der Waals surface area contributed by atoms with Crippen LogP contribution < -0.4 is 0 Å². The summed E-state index contributed by atoms with van der Waals surface area (Å²) >= 11 is 0. The Hall–Kier alpha value is 0.354. The van der Waals surface area contributed by atoms with Crippen molar-refractivity contribution in [1.82, 2.24) is 0 Å². The first-order valence-corrected chi connectivity index (χ1v) is 14.5. The molecule has 1 rings (SSSR count). The molecule has 0 spiro atoms. The molecule has 0 aromatic carbocycles. The minimum atomic E-state index is -1.45. The zero-order valence-corrected chi connectivity index (χ0v) is 16.5. The summed E-state index contributed by atoms with van der Waals surface area (Å²) in [4.78, 5) is 0. The summed E-state index contributed by atoms with van der Waals surface area (Å²) in [5.74, 6) is 1.30. The maximum absolute atomic E-state index is 6.37. The quantitative estimate of drug-likeness (QED) is 0.624. The Morgan fingerprint density at radius 3 is 1.95 bits per heavy atom. The van der Waals surface area contributed by atoms with Crippen molar-refractivity contribution in [2.75, 3.05) is 0 Å². The minimum Gasteiger partial charge on any atom is -0.414 e. The minimum absolute atomic E-state index is 0.139. The molecule has 1 aliphatic rings. The van der Waals surface area contributed by atoms with E-state index in [-0.39, 0.29) is 5.60 Å². The lowest BCUT2D eigenvalue weighted by atomic mass is 10.0. The van der Waals surface area contributed by atoms with E-state index in [0.29, 0.717) is 17.9 Å². The van der Waals surface area contributed by atoms with E-state index in [9.17, 15) is 0 Å². The molecule has 19 heavy (non-hydrogen) atoms. The van der Waals surface area contributed by atoms with Crippen LogP contribution in [-0.2, 0) is 8.85 Å². The Kier molecular flexibility index (Phi) is 5.15. The van der Waals surface area contributed by atoms with E-state index < -0.39 is 16.6 Å². The molecule has 3 atom stereocenters. The van der Waals surface area contributed by atoms with E-state index in [1.165, 1.54) is 12.8 Å². The predicted molar refractivity (Wildman–Crippen MR) is 88.6 cm³/mol. The molecular weight excluding hydrogens is 268 g/mol. The van der Waals surface area contributed by atoms with Crippen LogP contribution in [0.3, 0.4) is 0 Å². The topological polar surface area (TPSA) is 18.5 Å². The highest BCUT2D eigenvalue weighted by Gasteiger charge is 2.53. The van der Waals surface area contributed by atoms with Crippen LogP contribution in [0.2, 0.25) is 39.3 Å². The van der Waals surface area contributed by atoms with Crippen LogP contribution in [0.5, 0.6) is 0 Å². The van der Waals surface area contributed by atoms with Crippen LogP contribution in [0.4, 0.5) is 0 Å². The summed E-state index contributed by atoms with van der Waals surface area (Å²) in [5.41, 5.74) is 0.139. The molecule has 0 aromatic heterocycles. The van der Waals surface area contributed by atoms with Crippen LogP contribution in [0.15, 0.2) is 0 Å². The third kappa shape index (κ3) is 6.11. The summed E-state index contributed by atoms with van der Waals surface area (Å²) in [6.07, 6.45) is 2.79. The molecule has 0 N–H and O–H groups in total. The number of hydrogen-bond donors (Lipinski definition) is 0. The van der Waals surface area contributed by atoms with E-state index >= 15 is 0 Å². The molecule has 4 heteroatoms. The first kappa shape index (κ1) is 17.4. The smallest absolute Gasteiger partial charge is 0.184 e. The van der Waals surface area contributed by atoms with E-state index in [1.54, 1.807) is 0 Å². The summed E-state index contributed by atoms with van der Waals surface area (Å²) < 4.78 is 12.7. The zero-order valence-electron chi connectivity index (χ0n) is 14.5. The van der Waals surface area contributed by atoms with Gasteiger partial charge in [0.05, 0.1) is 5.60 Å². The molecule has 0 saturated heterocycles. The zero-order chi connectivity index (χ0) is 15.1. The van der Waals surface area contributed by atoms with Gasteiger partial charge in [0.2, 0.25) is 0 Å². The van der Waals surface area contributed by atoms with E-state index in [1.807, 2.05) is 0 Å². The van der Waals surface area contributed by atoms with Crippen LogP contribution in [-0.4, -0.2) is 28.3 Å². The highest BCUT2D eigenvalue weighted by atomic mass is 28.4. The van der Waals surface area contributed by atoms with Crippen molar-refractivity contribution in [2.24, 2.45) is 11.8 Å². The first-order chi connectivity index (χ1) is 8.32. The van der Waals surface area contributed by atoms with Crippen molar-refractivity contribution >= 4 is 16.6 Å². The van der Waals surface area contributed by atoms with Gasteiger partial charge in [-0.2, -0.15) is 0 Å². The predicted octanol–water partition coefficient (Wildman–Crippen LogP) is 4.88. The number of rotatable bonds is 7. The molecule has 1 fully saturated rings. The molecule has 0 heterocycles. The van der Waals surface area contributed by atoms with Gasteiger partial charge in [0.1, 0.15) is 0 Å². The Balaban J connectivity index is 2.55. The highest BCUT2D eigenvalue weighted by Crippen LogP contribution is 2.51. The average Bonchev–Trinajstić information content (AvgIpc) is 2.68. The maximum atomic E-state index is 6.37. The molecule has 114 valence electrons. The summed E-state index contributed by atoms with van der Waals surface area (Å²) in [5, 5.41) is 0.